The monoisotopic (exact) mass is 213 g/mol. The van der Waals surface area contributed by atoms with Gasteiger partial charge in [-0.05, 0) is 45.7 Å². The summed E-state index contributed by atoms with van der Waals surface area (Å²) >= 11 is 0. The molecule has 1 saturated carbocycles. The van der Waals surface area contributed by atoms with Crippen LogP contribution in [0.15, 0.2) is 0 Å². The summed E-state index contributed by atoms with van der Waals surface area (Å²) in [5.74, 6) is -0.625. The second-order valence-corrected chi connectivity index (χ2v) is 4.82. The van der Waals surface area contributed by atoms with Crippen molar-refractivity contribution in [1.82, 2.24) is 4.90 Å². The summed E-state index contributed by atoms with van der Waals surface area (Å²) in [4.78, 5) is 13.5. The van der Waals surface area contributed by atoms with Gasteiger partial charge in [0.1, 0.15) is 0 Å². The van der Waals surface area contributed by atoms with Gasteiger partial charge < -0.3 is 10.0 Å². The molecule has 0 aromatic carbocycles. The molecule has 0 bridgehead atoms. The van der Waals surface area contributed by atoms with E-state index in [4.69, 9.17) is 5.11 Å². The summed E-state index contributed by atoms with van der Waals surface area (Å²) in [5, 5.41) is 9.12. The van der Waals surface area contributed by atoms with Crippen LogP contribution in [0.25, 0.3) is 0 Å². The average Bonchev–Trinajstić information content (AvgIpc) is 2.22. The highest BCUT2D eigenvalue weighted by molar-refractivity contribution is 5.74. The van der Waals surface area contributed by atoms with Crippen molar-refractivity contribution >= 4 is 5.97 Å². The molecule has 0 aliphatic heterocycles. The van der Waals surface area contributed by atoms with Crippen LogP contribution in [0.3, 0.4) is 0 Å². The Balaban J connectivity index is 2.51. The lowest BCUT2D eigenvalue weighted by Gasteiger charge is -2.39. The SMILES string of the molecule is CCN(CC)C1CCC(C)(C(=O)O)CC1. The zero-order chi connectivity index (χ0) is 11.5. The van der Waals surface area contributed by atoms with Crippen LogP contribution in [-0.4, -0.2) is 35.1 Å². The minimum absolute atomic E-state index is 0.469. The van der Waals surface area contributed by atoms with Gasteiger partial charge in [-0.2, -0.15) is 0 Å². The van der Waals surface area contributed by atoms with Gasteiger partial charge in [-0.3, -0.25) is 4.79 Å². The van der Waals surface area contributed by atoms with Gasteiger partial charge in [0.25, 0.3) is 0 Å². The van der Waals surface area contributed by atoms with E-state index in [-0.39, 0.29) is 0 Å². The summed E-state index contributed by atoms with van der Waals surface area (Å²) in [5.41, 5.74) is -0.469. The van der Waals surface area contributed by atoms with E-state index in [0.717, 1.165) is 38.8 Å². The van der Waals surface area contributed by atoms with Crippen LogP contribution >= 0.6 is 0 Å². The highest BCUT2D eigenvalue weighted by Crippen LogP contribution is 2.37. The average molecular weight is 213 g/mol. The molecule has 0 amide bonds. The molecule has 0 spiro atoms. The van der Waals surface area contributed by atoms with Crippen LogP contribution in [0, 0.1) is 5.41 Å². The zero-order valence-corrected chi connectivity index (χ0v) is 10.1. The van der Waals surface area contributed by atoms with Crippen LogP contribution < -0.4 is 0 Å². The Bertz CT molecular complexity index is 216. The predicted octanol–water partition coefficient (Wildman–Crippen LogP) is 2.36. The first kappa shape index (κ1) is 12.5. The van der Waals surface area contributed by atoms with Crippen LogP contribution in [0.2, 0.25) is 0 Å². The van der Waals surface area contributed by atoms with E-state index in [9.17, 15) is 4.79 Å². The van der Waals surface area contributed by atoms with Crippen molar-refractivity contribution in [3.8, 4) is 0 Å². The number of carboxylic acids is 1. The number of rotatable bonds is 4. The van der Waals surface area contributed by atoms with Crippen LogP contribution in [0.5, 0.6) is 0 Å². The molecule has 0 aromatic rings. The molecule has 0 heterocycles. The molecule has 0 unspecified atom stereocenters. The minimum Gasteiger partial charge on any atom is -0.481 e. The molecule has 0 saturated heterocycles. The summed E-state index contributed by atoms with van der Waals surface area (Å²) in [6, 6.07) is 0.604. The molecule has 0 atom stereocenters. The van der Waals surface area contributed by atoms with Gasteiger partial charge in [-0.1, -0.05) is 13.8 Å². The first-order chi connectivity index (χ1) is 7.03. The summed E-state index contributed by atoms with van der Waals surface area (Å²) in [7, 11) is 0. The smallest absolute Gasteiger partial charge is 0.309 e. The van der Waals surface area contributed by atoms with E-state index >= 15 is 0 Å². The quantitative estimate of drug-likeness (QED) is 0.779. The van der Waals surface area contributed by atoms with Gasteiger partial charge in [0, 0.05) is 6.04 Å². The fourth-order valence-corrected chi connectivity index (χ4v) is 2.56. The van der Waals surface area contributed by atoms with E-state index in [2.05, 4.69) is 18.7 Å². The van der Waals surface area contributed by atoms with E-state index in [1.54, 1.807) is 0 Å². The van der Waals surface area contributed by atoms with E-state index < -0.39 is 11.4 Å². The summed E-state index contributed by atoms with van der Waals surface area (Å²) in [6.07, 6.45) is 3.71. The highest BCUT2D eigenvalue weighted by Gasteiger charge is 2.38. The van der Waals surface area contributed by atoms with Crippen molar-refractivity contribution in [2.45, 2.75) is 52.5 Å². The molecule has 1 aliphatic rings. The fourth-order valence-electron chi connectivity index (χ4n) is 2.56. The molecule has 0 aromatic heterocycles. The van der Waals surface area contributed by atoms with Gasteiger partial charge >= 0.3 is 5.97 Å². The Hall–Kier alpha value is -0.570. The van der Waals surface area contributed by atoms with Gasteiger partial charge in [0.2, 0.25) is 0 Å². The molecular formula is C12H23NO2. The zero-order valence-electron chi connectivity index (χ0n) is 10.1. The lowest BCUT2D eigenvalue weighted by atomic mass is 9.73. The molecule has 0 radical (unpaired) electrons. The number of carbonyl (C=O) groups is 1. The second kappa shape index (κ2) is 4.97. The third-order valence-electron chi connectivity index (χ3n) is 3.90. The standard InChI is InChI=1S/C12H23NO2/c1-4-13(5-2)10-6-8-12(3,9-7-10)11(14)15/h10H,4-9H2,1-3H3,(H,14,15). The first-order valence-electron chi connectivity index (χ1n) is 6.01. The third-order valence-corrected chi connectivity index (χ3v) is 3.90. The molecule has 15 heavy (non-hydrogen) atoms. The topological polar surface area (TPSA) is 40.5 Å². The predicted molar refractivity (Wildman–Crippen MR) is 60.9 cm³/mol. The van der Waals surface area contributed by atoms with Crippen molar-refractivity contribution in [3.05, 3.63) is 0 Å². The molecule has 3 heteroatoms. The number of nitrogens with zero attached hydrogens (tertiary/aromatic N) is 1. The second-order valence-electron chi connectivity index (χ2n) is 4.82. The van der Waals surface area contributed by atoms with Crippen molar-refractivity contribution in [2.75, 3.05) is 13.1 Å². The van der Waals surface area contributed by atoms with Crippen molar-refractivity contribution in [2.24, 2.45) is 5.41 Å². The molecule has 1 rings (SSSR count). The Labute approximate surface area is 92.5 Å². The Morgan fingerprint density at radius 1 is 1.33 bits per heavy atom. The number of hydrogen-bond acceptors (Lipinski definition) is 2. The van der Waals surface area contributed by atoms with Crippen LogP contribution in [-0.2, 0) is 4.79 Å². The number of hydrogen-bond donors (Lipinski definition) is 1. The van der Waals surface area contributed by atoms with E-state index in [1.165, 1.54) is 0 Å². The van der Waals surface area contributed by atoms with E-state index in [0.29, 0.717) is 6.04 Å². The van der Waals surface area contributed by atoms with Gasteiger partial charge in [0.15, 0.2) is 0 Å². The van der Waals surface area contributed by atoms with Gasteiger partial charge in [-0.15, -0.1) is 0 Å². The largest absolute Gasteiger partial charge is 0.481 e. The molecule has 88 valence electrons. The minimum atomic E-state index is -0.625. The van der Waals surface area contributed by atoms with Crippen LogP contribution in [0.4, 0.5) is 0 Å². The van der Waals surface area contributed by atoms with Crippen molar-refractivity contribution < 1.29 is 9.90 Å². The van der Waals surface area contributed by atoms with Gasteiger partial charge in [-0.25, -0.2) is 0 Å². The number of aliphatic carboxylic acids is 1. The third kappa shape index (κ3) is 2.71. The Morgan fingerprint density at radius 2 is 1.80 bits per heavy atom. The van der Waals surface area contributed by atoms with Gasteiger partial charge in [0.05, 0.1) is 5.41 Å². The maximum atomic E-state index is 11.1. The first-order valence-corrected chi connectivity index (χ1v) is 6.01. The maximum absolute atomic E-state index is 11.1. The summed E-state index contributed by atoms with van der Waals surface area (Å²) < 4.78 is 0. The molecule has 3 nitrogen and oxygen atoms in total. The van der Waals surface area contributed by atoms with Crippen LogP contribution in [0.1, 0.15) is 46.5 Å². The van der Waals surface area contributed by atoms with Crippen molar-refractivity contribution in [1.29, 1.82) is 0 Å². The molecular weight excluding hydrogens is 190 g/mol. The molecule has 1 fully saturated rings. The number of carboxylic acid groups (broad SMARTS) is 1. The van der Waals surface area contributed by atoms with E-state index in [1.807, 2.05) is 6.92 Å². The highest BCUT2D eigenvalue weighted by atomic mass is 16.4. The van der Waals surface area contributed by atoms with Crippen molar-refractivity contribution in [3.63, 3.8) is 0 Å². The summed E-state index contributed by atoms with van der Waals surface area (Å²) in [6.45, 7) is 8.38. The Morgan fingerprint density at radius 3 is 2.13 bits per heavy atom. The normalized spacial score (nSPS) is 31.9. The molecule has 1 aliphatic carbocycles. The lowest BCUT2D eigenvalue weighted by Crippen LogP contribution is -2.42. The fraction of sp³-hybridized carbons (Fsp3) is 0.917. The molecule has 1 N–H and O–H groups in total. The maximum Gasteiger partial charge on any atom is 0.309 e. The lowest BCUT2D eigenvalue weighted by molar-refractivity contribution is -0.150. The Kier molecular flexibility index (Phi) is 4.14.